The summed E-state index contributed by atoms with van der Waals surface area (Å²) in [5.74, 6) is -2.76. The molecule has 0 amide bonds. The molecule has 4 heterocycles. The first-order valence-corrected chi connectivity index (χ1v) is 10.8. The van der Waals surface area contributed by atoms with E-state index in [1.165, 1.54) is 10.8 Å². The van der Waals surface area contributed by atoms with Crippen LogP contribution in [0.3, 0.4) is 0 Å². The molecular formula is C22H23F2N3O4. The monoisotopic (exact) mass is 431 g/mol. The first-order chi connectivity index (χ1) is 14.8. The van der Waals surface area contributed by atoms with Crippen LogP contribution in [-0.2, 0) is 0 Å². The lowest BCUT2D eigenvalue weighted by molar-refractivity contribution is 0.0694. The van der Waals surface area contributed by atoms with Crippen molar-refractivity contribution in [3.05, 3.63) is 39.7 Å². The van der Waals surface area contributed by atoms with Crippen molar-refractivity contribution >= 4 is 22.6 Å². The Kier molecular flexibility index (Phi) is 4.02. The Bertz CT molecular complexity index is 1180. The molecule has 7 nitrogen and oxygen atoms in total. The maximum absolute atomic E-state index is 15.8. The van der Waals surface area contributed by atoms with Gasteiger partial charge in [-0.05, 0) is 37.7 Å². The van der Waals surface area contributed by atoms with Gasteiger partial charge in [-0.2, -0.15) is 0 Å². The van der Waals surface area contributed by atoms with E-state index in [4.69, 9.17) is 0 Å². The minimum absolute atomic E-state index is 0.0135. The fourth-order valence-electron chi connectivity index (χ4n) is 6.06. The molecule has 4 atom stereocenters. The van der Waals surface area contributed by atoms with Crippen LogP contribution in [0.5, 0.6) is 0 Å². The van der Waals surface area contributed by atoms with Crippen LogP contribution >= 0.6 is 0 Å². The number of carbonyl (C=O) groups is 1. The smallest absolute Gasteiger partial charge is 0.341 e. The molecule has 0 radical (unpaired) electrons. The van der Waals surface area contributed by atoms with Crippen LogP contribution in [0.2, 0.25) is 0 Å². The highest BCUT2D eigenvalue weighted by atomic mass is 19.1. The molecule has 4 fully saturated rings. The Morgan fingerprint density at radius 1 is 1.10 bits per heavy atom. The van der Waals surface area contributed by atoms with Crippen molar-refractivity contribution in [2.24, 2.45) is 5.92 Å². The van der Waals surface area contributed by atoms with E-state index in [2.05, 4.69) is 4.90 Å². The summed E-state index contributed by atoms with van der Waals surface area (Å²) in [6.07, 6.45) is 4.04. The van der Waals surface area contributed by atoms with Crippen LogP contribution in [0.25, 0.3) is 10.9 Å². The Balaban J connectivity index is 1.45. The summed E-state index contributed by atoms with van der Waals surface area (Å²) >= 11 is 0. The molecule has 2 N–H and O–H groups in total. The van der Waals surface area contributed by atoms with E-state index in [9.17, 15) is 19.8 Å². The van der Waals surface area contributed by atoms with Gasteiger partial charge in [0, 0.05) is 44.0 Å². The van der Waals surface area contributed by atoms with E-state index < -0.39 is 28.6 Å². The fraction of sp³-hybridized carbons (Fsp3) is 0.545. The first-order valence-electron chi connectivity index (χ1n) is 10.8. The summed E-state index contributed by atoms with van der Waals surface area (Å²) < 4.78 is 32.5. The quantitative estimate of drug-likeness (QED) is 0.773. The molecule has 2 aromatic rings. The highest BCUT2D eigenvalue weighted by Crippen LogP contribution is 2.44. The lowest BCUT2D eigenvalue weighted by Crippen LogP contribution is -2.37. The molecule has 4 unspecified atom stereocenters. The summed E-state index contributed by atoms with van der Waals surface area (Å²) in [4.78, 5) is 28.1. The van der Waals surface area contributed by atoms with Crippen molar-refractivity contribution in [3.8, 4) is 0 Å². The minimum atomic E-state index is -1.40. The average molecular weight is 431 g/mol. The normalized spacial score (nSPS) is 30.2. The number of nitrogens with zero attached hydrogens (tertiary/aromatic N) is 3. The molecule has 1 aromatic heterocycles. The van der Waals surface area contributed by atoms with Crippen molar-refractivity contribution in [2.45, 2.75) is 49.9 Å². The van der Waals surface area contributed by atoms with Crippen LogP contribution < -0.4 is 10.3 Å². The molecule has 31 heavy (non-hydrogen) atoms. The van der Waals surface area contributed by atoms with Crippen LogP contribution in [0.15, 0.2) is 17.1 Å². The van der Waals surface area contributed by atoms with Gasteiger partial charge in [-0.15, -0.1) is 0 Å². The van der Waals surface area contributed by atoms with E-state index >= 15 is 8.78 Å². The number of benzene rings is 1. The number of rotatable bonds is 3. The van der Waals surface area contributed by atoms with Crippen molar-refractivity contribution < 1.29 is 23.8 Å². The van der Waals surface area contributed by atoms with Gasteiger partial charge in [0.15, 0.2) is 5.82 Å². The van der Waals surface area contributed by atoms with Crippen LogP contribution in [0, 0.1) is 17.6 Å². The molecule has 0 bridgehead atoms. The second-order valence-corrected chi connectivity index (χ2v) is 9.44. The van der Waals surface area contributed by atoms with Gasteiger partial charge in [-0.3, -0.25) is 9.69 Å². The summed E-state index contributed by atoms with van der Waals surface area (Å²) in [5.41, 5.74) is -1.49. The van der Waals surface area contributed by atoms with E-state index in [1.807, 2.05) is 0 Å². The summed E-state index contributed by atoms with van der Waals surface area (Å²) in [5, 5.41) is 19.1. The number of hydrogen-bond acceptors (Lipinski definition) is 5. The van der Waals surface area contributed by atoms with Crippen LogP contribution in [0.1, 0.15) is 42.1 Å². The standard InChI is InChI=1S/C22H23F2N3O4/c23-16-5-14-19(27(11-1-2-11)8-15(21(14)29)22(30)31)18(24)20(16)25-6-10-3-12-4-13(28)7-26(12)17(10)9-25/h5,8,10-13,17,28H,1-4,6-7,9H2,(H,30,31). The molecule has 3 saturated heterocycles. The lowest BCUT2D eigenvalue weighted by Gasteiger charge is -2.26. The Morgan fingerprint density at radius 3 is 2.58 bits per heavy atom. The molecule has 6 rings (SSSR count). The molecule has 1 saturated carbocycles. The van der Waals surface area contributed by atoms with E-state index in [0.29, 0.717) is 25.7 Å². The zero-order chi connectivity index (χ0) is 21.6. The highest BCUT2D eigenvalue weighted by molar-refractivity contribution is 5.94. The topological polar surface area (TPSA) is 86.0 Å². The number of pyridine rings is 1. The van der Waals surface area contributed by atoms with Gasteiger partial charge >= 0.3 is 5.97 Å². The van der Waals surface area contributed by atoms with E-state index in [-0.39, 0.29) is 40.7 Å². The van der Waals surface area contributed by atoms with Crippen molar-refractivity contribution in [1.29, 1.82) is 0 Å². The third kappa shape index (κ3) is 2.75. The molecular weight excluding hydrogens is 408 g/mol. The van der Waals surface area contributed by atoms with Crippen molar-refractivity contribution in [2.75, 3.05) is 24.5 Å². The number of halogens is 2. The predicted molar refractivity (Wildman–Crippen MR) is 109 cm³/mol. The molecule has 1 aliphatic carbocycles. The highest BCUT2D eigenvalue weighted by Gasteiger charge is 2.50. The van der Waals surface area contributed by atoms with Crippen LogP contribution in [0.4, 0.5) is 14.5 Å². The molecule has 164 valence electrons. The molecule has 3 aliphatic heterocycles. The molecule has 1 aromatic carbocycles. The minimum Gasteiger partial charge on any atom is -0.477 e. The van der Waals surface area contributed by atoms with Gasteiger partial charge in [0.2, 0.25) is 5.43 Å². The van der Waals surface area contributed by atoms with Gasteiger partial charge in [-0.25, -0.2) is 13.6 Å². The van der Waals surface area contributed by atoms with Crippen molar-refractivity contribution in [3.63, 3.8) is 0 Å². The maximum atomic E-state index is 15.8. The van der Waals surface area contributed by atoms with Crippen molar-refractivity contribution in [1.82, 2.24) is 9.47 Å². The van der Waals surface area contributed by atoms with Crippen LogP contribution in [-0.4, -0.2) is 63.5 Å². The van der Waals surface area contributed by atoms with Gasteiger partial charge in [-0.1, -0.05) is 0 Å². The largest absolute Gasteiger partial charge is 0.477 e. The third-order valence-corrected chi connectivity index (χ3v) is 7.51. The maximum Gasteiger partial charge on any atom is 0.341 e. The van der Waals surface area contributed by atoms with Gasteiger partial charge in [0.05, 0.1) is 17.0 Å². The zero-order valence-electron chi connectivity index (χ0n) is 16.8. The summed E-state index contributed by atoms with van der Waals surface area (Å²) in [7, 11) is 0. The molecule has 9 heteroatoms. The number of aliphatic hydroxyl groups excluding tert-OH is 1. The first kappa shape index (κ1) is 19.2. The Morgan fingerprint density at radius 2 is 1.87 bits per heavy atom. The SMILES string of the molecule is O=C(O)c1cn(C2CC2)c2c(F)c(N3CC4CC5CC(O)CN5C4C3)c(F)cc2c1=O. The number of hydrogen-bond donors (Lipinski definition) is 2. The average Bonchev–Trinajstić information content (AvgIpc) is 3.28. The lowest BCUT2D eigenvalue weighted by atomic mass is 10.00. The molecule has 4 aliphatic rings. The summed E-state index contributed by atoms with van der Waals surface area (Å²) in [6, 6.07) is 1.40. The van der Waals surface area contributed by atoms with E-state index in [1.54, 1.807) is 4.90 Å². The predicted octanol–water partition coefficient (Wildman–Crippen LogP) is 1.96. The fourth-order valence-corrected chi connectivity index (χ4v) is 6.06. The van der Waals surface area contributed by atoms with Gasteiger partial charge in [0.25, 0.3) is 0 Å². The second-order valence-electron chi connectivity index (χ2n) is 9.44. The van der Waals surface area contributed by atoms with E-state index in [0.717, 1.165) is 31.7 Å². The number of aromatic nitrogens is 1. The number of fused-ring (bicyclic) bond motifs is 4. The number of carboxylic acid groups (broad SMARTS) is 1. The number of aliphatic hydroxyl groups is 1. The number of aromatic carboxylic acids is 1. The molecule has 0 spiro atoms. The van der Waals surface area contributed by atoms with Gasteiger partial charge < -0.3 is 19.7 Å². The zero-order valence-corrected chi connectivity index (χ0v) is 16.8. The Hall–Kier alpha value is -2.52. The summed E-state index contributed by atoms with van der Waals surface area (Å²) in [6.45, 7) is 1.59. The Labute approximate surface area is 176 Å². The number of anilines is 1. The third-order valence-electron chi connectivity index (χ3n) is 7.51. The number of carboxylic acids is 1. The second kappa shape index (κ2) is 6.49. The van der Waals surface area contributed by atoms with Gasteiger partial charge in [0.1, 0.15) is 17.1 Å².